The molecule has 2 aliphatic rings. The van der Waals surface area contributed by atoms with Crippen molar-refractivity contribution in [3.05, 3.63) is 18.7 Å². The Morgan fingerprint density at radius 3 is 2.55 bits per heavy atom. The Balaban J connectivity index is 1.62. The summed E-state index contributed by atoms with van der Waals surface area (Å²) >= 11 is 0. The second kappa shape index (κ2) is 5.41. The molecular formula is C16H24N4O2. The third kappa shape index (κ3) is 3.15. The van der Waals surface area contributed by atoms with E-state index in [2.05, 4.69) is 14.9 Å². The minimum atomic E-state index is -0.435. The molecule has 1 amide bonds. The summed E-state index contributed by atoms with van der Waals surface area (Å²) in [5, 5.41) is 0. The van der Waals surface area contributed by atoms with Crippen molar-refractivity contribution in [3.8, 4) is 0 Å². The van der Waals surface area contributed by atoms with Crippen molar-refractivity contribution < 1.29 is 9.53 Å². The SMILES string of the molecule is CC(C)(C)OC(=O)N1CCC2(CCN(c3cncnc3)C2)C1. The van der Waals surface area contributed by atoms with E-state index in [9.17, 15) is 4.79 Å². The first-order valence-electron chi connectivity index (χ1n) is 7.85. The molecule has 0 saturated carbocycles. The lowest BCUT2D eigenvalue weighted by molar-refractivity contribution is 0.0276. The highest BCUT2D eigenvalue weighted by atomic mass is 16.6. The van der Waals surface area contributed by atoms with E-state index in [1.165, 1.54) is 0 Å². The van der Waals surface area contributed by atoms with Gasteiger partial charge in [-0.1, -0.05) is 0 Å². The Hall–Kier alpha value is -1.85. The molecule has 0 aliphatic carbocycles. The third-order valence-corrected chi connectivity index (χ3v) is 4.44. The zero-order valence-corrected chi connectivity index (χ0v) is 13.6. The average molecular weight is 304 g/mol. The highest BCUT2D eigenvalue weighted by Gasteiger charge is 2.45. The lowest BCUT2D eigenvalue weighted by Crippen LogP contribution is -2.37. The fourth-order valence-corrected chi connectivity index (χ4v) is 3.36. The van der Waals surface area contributed by atoms with E-state index in [1.54, 1.807) is 6.33 Å². The number of carbonyl (C=O) groups is 1. The average Bonchev–Trinajstić information content (AvgIpc) is 3.06. The van der Waals surface area contributed by atoms with Gasteiger partial charge in [0.05, 0.1) is 18.1 Å². The largest absolute Gasteiger partial charge is 0.444 e. The maximum absolute atomic E-state index is 12.2. The van der Waals surface area contributed by atoms with Crippen LogP contribution in [0.5, 0.6) is 0 Å². The Morgan fingerprint density at radius 2 is 1.86 bits per heavy atom. The van der Waals surface area contributed by atoms with E-state index in [4.69, 9.17) is 4.74 Å². The lowest BCUT2D eigenvalue weighted by atomic mass is 9.86. The highest BCUT2D eigenvalue weighted by molar-refractivity contribution is 5.68. The molecule has 0 radical (unpaired) electrons. The molecule has 0 bridgehead atoms. The fourth-order valence-electron chi connectivity index (χ4n) is 3.36. The van der Waals surface area contributed by atoms with Crippen molar-refractivity contribution in [2.75, 3.05) is 31.1 Å². The predicted octanol–water partition coefficient (Wildman–Crippen LogP) is 2.31. The fraction of sp³-hybridized carbons (Fsp3) is 0.688. The number of ether oxygens (including phenoxy) is 1. The molecular weight excluding hydrogens is 280 g/mol. The summed E-state index contributed by atoms with van der Waals surface area (Å²) < 4.78 is 5.49. The predicted molar refractivity (Wildman–Crippen MR) is 83.7 cm³/mol. The van der Waals surface area contributed by atoms with Crippen LogP contribution in [0.1, 0.15) is 33.6 Å². The van der Waals surface area contributed by atoms with Crippen LogP contribution in [0.15, 0.2) is 18.7 Å². The van der Waals surface area contributed by atoms with E-state index in [0.717, 1.165) is 44.7 Å². The van der Waals surface area contributed by atoms with Gasteiger partial charge in [-0.3, -0.25) is 0 Å². The maximum Gasteiger partial charge on any atom is 0.410 e. The van der Waals surface area contributed by atoms with Gasteiger partial charge in [-0.25, -0.2) is 14.8 Å². The summed E-state index contributed by atoms with van der Waals surface area (Å²) in [4.78, 5) is 24.6. The normalized spacial score (nSPS) is 25.0. The molecule has 1 unspecified atom stereocenters. The first kappa shape index (κ1) is 15.1. The van der Waals surface area contributed by atoms with Crippen LogP contribution in [0.25, 0.3) is 0 Å². The lowest BCUT2D eigenvalue weighted by Gasteiger charge is -2.27. The van der Waals surface area contributed by atoms with Crippen molar-refractivity contribution in [1.29, 1.82) is 0 Å². The molecule has 120 valence electrons. The number of nitrogens with zero attached hydrogens (tertiary/aromatic N) is 4. The van der Waals surface area contributed by atoms with Gasteiger partial charge in [-0.15, -0.1) is 0 Å². The van der Waals surface area contributed by atoms with Crippen LogP contribution in [0, 0.1) is 5.41 Å². The molecule has 3 heterocycles. The second-order valence-corrected chi connectivity index (χ2v) is 7.42. The molecule has 0 aromatic carbocycles. The zero-order valence-electron chi connectivity index (χ0n) is 13.6. The summed E-state index contributed by atoms with van der Waals surface area (Å²) in [6.45, 7) is 9.24. The zero-order chi connectivity index (χ0) is 15.8. The van der Waals surface area contributed by atoms with Crippen molar-refractivity contribution in [2.45, 2.75) is 39.2 Å². The maximum atomic E-state index is 12.2. The molecule has 3 rings (SSSR count). The molecule has 6 heteroatoms. The van der Waals surface area contributed by atoms with Crippen LogP contribution >= 0.6 is 0 Å². The van der Waals surface area contributed by atoms with Crippen LogP contribution in [0.2, 0.25) is 0 Å². The van der Waals surface area contributed by atoms with Gasteiger partial charge in [0.25, 0.3) is 0 Å². The third-order valence-electron chi connectivity index (χ3n) is 4.44. The molecule has 1 aromatic rings. The van der Waals surface area contributed by atoms with E-state index in [-0.39, 0.29) is 11.5 Å². The van der Waals surface area contributed by atoms with Gasteiger partial charge in [0, 0.05) is 31.6 Å². The molecule has 0 N–H and O–H groups in total. The standard InChI is InChI=1S/C16H24N4O2/c1-15(2,3)22-14(21)20-7-5-16(11-20)4-6-19(10-16)13-8-17-12-18-9-13/h8-9,12H,4-7,10-11H2,1-3H3. The second-order valence-electron chi connectivity index (χ2n) is 7.42. The summed E-state index contributed by atoms with van der Waals surface area (Å²) in [5.74, 6) is 0. The molecule has 6 nitrogen and oxygen atoms in total. The number of carbonyl (C=O) groups excluding carboxylic acids is 1. The number of hydrogen-bond acceptors (Lipinski definition) is 5. The van der Waals surface area contributed by atoms with Crippen LogP contribution in [0.4, 0.5) is 10.5 Å². The van der Waals surface area contributed by atoms with E-state index in [1.807, 2.05) is 38.1 Å². The molecule has 22 heavy (non-hydrogen) atoms. The monoisotopic (exact) mass is 304 g/mol. The van der Waals surface area contributed by atoms with E-state index < -0.39 is 5.60 Å². The molecule has 2 aliphatic heterocycles. The van der Waals surface area contributed by atoms with Crippen molar-refractivity contribution in [3.63, 3.8) is 0 Å². The number of aromatic nitrogens is 2. The van der Waals surface area contributed by atoms with Crippen molar-refractivity contribution in [2.24, 2.45) is 5.41 Å². The quantitative estimate of drug-likeness (QED) is 0.797. The molecule has 1 spiro atoms. The Bertz CT molecular complexity index is 543. The minimum absolute atomic E-state index is 0.187. The summed E-state index contributed by atoms with van der Waals surface area (Å²) in [6, 6.07) is 0. The van der Waals surface area contributed by atoms with E-state index >= 15 is 0 Å². The molecule has 1 atom stereocenters. The van der Waals surface area contributed by atoms with Gasteiger partial charge in [0.2, 0.25) is 0 Å². The molecule has 1 aromatic heterocycles. The number of amides is 1. The van der Waals surface area contributed by atoms with Crippen molar-refractivity contribution >= 4 is 11.8 Å². The van der Waals surface area contributed by atoms with Crippen LogP contribution in [-0.4, -0.2) is 52.7 Å². The summed E-state index contributed by atoms with van der Waals surface area (Å²) in [6.07, 6.45) is 7.21. The Morgan fingerprint density at radius 1 is 1.18 bits per heavy atom. The number of rotatable bonds is 1. The van der Waals surface area contributed by atoms with E-state index in [0.29, 0.717) is 0 Å². The van der Waals surface area contributed by atoms with Gasteiger partial charge in [-0.2, -0.15) is 0 Å². The van der Waals surface area contributed by atoms with Crippen molar-refractivity contribution in [1.82, 2.24) is 14.9 Å². The van der Waals surface area contributed by atoms with Crippen LogP contribution in [0.3, 0.4) is 0 Å². The smallest absolute Gasteiger partial charge is 0.410 e. The summed E-state index contributed by atoms with van der Waals surface area (Å²) in [5.41, 5.74) is 0.818. The topological polar surface area (TPSA) is 58.6 Å². The molecule has 2 saturated heterocycles. The Labute approximate surface area is 131 Å². The number of hydrogen-bond donors (Lipinski definition) is 0. The highest BCUT2D eigenvalue weighted by Crippen LogP contribution is 2.41. The van der Waals surface area contributed by atoms with Gasteiger partial charge < -0.3 is 14.5 Å². The first-order valence-corrected chi connectivity index (χ1v) is 7.85. The van der Waals surface area contributed by atoms with Gasteiger partial charge >= 0.3 is 6.09 Å². The first-order chi connectivity index (χ1) is 10.4. The van der Waals surface area contributed by atoms with Gasteiger partial charge in [0.1, 0.15) is 11.9 Å². The summed E-state index contributed by atoms with van der Waals surface area (Å²) in [7, 11) is 0. The van der Waals surface area contributed by atoms with Crippen LogP contribution < -0.4 is 4.90 Å². The minimum Gasteiger partial charge on any atom is -0.444 e. The number of likely N-dealkylation sites (tertiary alicyclic amines) is 1. The van der Waals surface area contributed by atoms with Gasteiger partial charge in [0.15, 0.2) is 0 Å². The number of anilines is 1. The van der Waals surface area contributed by atoms with Crippen LogP contribution in [-0.2, 0) is 4.74 Å². The Kier molecular flexibility index (Phi) is 3.70. The van der Waals surface area contributed by atoms with Gasteiger partial charge in [-0.05, 0) is 33.6 Å². The molecule has 2 fully saturated rings.